The van der Waals surface area contributed by atoms with Gasteiger partial charge in [0.2, 0.25) is 5.91 Å². The van der Waals surface area contributed by atoms with Crippen molar-refractivity contribution in [3.63, 3.8) is 0 Å². The van der Waals surface area contributed by atoms with E-state index in [1.165, 1.54) is 0 Å². The van der Waals surface area contributed by atoms with Crippen LogP contribution >= 0.6 is 11.8 Å². The largest absolute Gasteiger partial charge is 0.368 e. The molecule has 0 bridgehead atoms. The molecule has 1 saturated heterocycles. The first-order valence-electron chi connectivity index (χ1n) is 6.05. The van der Waals surface area contributed by atoms with Crippen molar-refractivity contribution in [1.29, 1.82) is 0 Å². The molecule has 1 amide bonds. The van der Waals surface area contributed by atoms with Crippen molar-refractivity contribution >= 4 is 17.7 Å². The zero-order valence-corrected chi connectivity index (χ0v) is 11.8. The molecule has 7 heteroatoms. The van der Waals surface area contributed by atoms with Crippen molar-refractivity contribution in [1.82, 2.24) is 5.32 Å². The summed E-state index contributed by atoms with van der Waals surface area (Å²) >= 11 is 1.76. The number of nitrogens with two attached hydrogens (primary N) is 1. The average Bonchev–Trinajstić information content (AvgIpc) is 2.27. The van der Waals surface area contributed by atoms with Crippen LogP contribution in [0.5, 0.6) is 0 Å². The number of carbonyl (C=O) groups excluding carboxylic acids is 1. The number of rotatable bonds is 6. The molecule has 1 atom stereocenters. The number of primary amides is 1. The van der Waals surface area contributed by atoms with Gasteiger partial charge in [0.25, 0.3) is 0 Å². The van der Waals surface area contributed by atoms with E-state index in [0.29, 0.717) is 25.3 Å². The van der Waals surface area contributed by atoms with Gasteiger partial charge in [-0.1, -0.05) is 19.0 Å². The van der Waals surface area contributed by atoms with E-state index >= 15 is 0 Å². The van der Waals surface area contributed by atoms with Gasteiger partial charge < -0.3 is 11.1 Å². The maximum atomic E-state index is 11.7. The van der Waals surface area contributed by atoms with Gasteiger partial charge in [-0.15, -0.1) is 0 Å². The van der Waals surface area contributed by atoms with Crippen LogP contribution in [0.3, 0.4) is 0 Å². The van der Waals surface area contributed by atoms with Crippen LogP contribution in [0.2, 0.25) is 0 Å². The molecular formula is C11H21N5OS. The smallest absolute Gasteiger partial charge is 0.238 e. The average molecular weight is 271 g/mol. The maximum Gasteiger partial charge on any atom is 0.238 e. The van der Waals surface area contributed by atoms with E-state index in [1.54, 1.807) is 11.8 Å². The van der Waals surface area contributed by atoms with Crippen molar-refractivity contribution in [3.05, 3.63) is 10.4 Å². The third kappa shape index (κ3) is 4.08. The summed E-state index contributed by atoms with van der Waals surface area (Å²) in [6.45, 7) is 5.38. The Kier molecular flexibility index (Phi) is 5.31. The first-order chi connectivity index (χ1) is 8.42. The molecule has 0 aromatic heterocycles. The Morgan fingerprint density at radius 2 is 2.28 bits per heavy atom. The number of thioether (sulfide) groups is 1. The lowest BCUT2D eigenvalue weighted by molar-refractivity contribution is -0.124. The van der Waals surface area contributed by atoms with Gasteiger partial charge in [0.1, 0.15) is 5.54 Å². The highest BCUT2D eigenvalue weighted by Crippen LogP contribution is 2.39. The first kappa shape index (κ1) is 15.1. The molecule has 18 heavy (non-hydrogen) atoms. The van der Waals surface area contributed by atoms with E-state index in [2.05, 4.69) is 29.2 Å². The molecule has 0 saturated carbocycles. The van der Waals surface area contributed by atoms with Crippen LogP contribution in [0.1, 0.15) is 26.7 Å². The highest BCUT2D eigenvalue weighted by Gasteiger charge is 2.44. The predicted molar refractivity (Wildman–Crippen MR) is 74.3 cm³/mol. The van der Waals surface area contributed by atoms with Gasteiger partial charge >= 0.3 is 0 Å². The third-order valence-electron chi connectivity index (χ3n) is 3.05. The van der Waals surface area contributed by atoms with Crippen LogP contribution in [0.25, 0.3) is 10.4 Å². The molecule has 0 aromatic carbocycles. The van der Waals surface area contributed by atoms with Crippen molar-refractivity contribution in [2.45, 2.75) is 32.2 Å². The molecule has 1 unspecified atom stereocenters. The van der Waals surface area contributed by atoms with Crippen LogP contribution < -0.4 is 11.1 Å². The standard InChI is InChI=1S/C11H21N5OS/c1-10(2)6-11(9(12)17,8-18-7-10)14-4-3-5-15-16-13/h14H,3-8H2,1-2H3,(H2,12,17). The number of hydrogen-bond donors (Lipinski definition) is 2. The van der Waals surface area contributed by atoms with Gasteiger partial charge in [0, 0.05) is 17.2 Å². The maximum absolute atomic E-state index is 11.7. The summed E-state index contributed by atoms with van der Waals surface area (Å²) in [5, 5.41) is 6.74. The second-order valence-corrected chi connectivity index (χ2v) is 6.50. The minimum absolute atomic E-state index is 0.107. The Balaban J connectivity index is 2.58. The molecule has 0 radical (unpaired) electrons. The fourth-order valence-corrected chi connectivity index (χ4v) is 3.75. The second-order valence-electron chi connectivity index (χ2n) is 5.51. The van der Waals surface area contributed by atoms with E-state index in [-0.39, 0.29) is 11.3 Å². The molecule has 0 spiro atoms. The fourth-order valence-electron chi connectivity index (χ4n) is 2.30. The van der Waals surface area contributed by atoms with Gasteiger partial charge in [0.05, 0.1) is 0 Å². The van der Waals surface area contributed by atoms with E-state index in [0.717, 1.165) is 12.2 Å². The van der Waals surface area contributed by atoms with Gasteiger partial charge in [-0.25, -0.2) is 0 Å². The van der Waals surface area contributed by atoms with E-state index in [9.17, 15) is 4.79 Å². The zero-order valence-electron chi connectivity index (χ0n) is 11.0. The highest BCUT2D eigenvalue weighted by atomic mass is 32.2. The molecule has 1 heterocycles. The number of nitrogens with zero attached hydrogens (tertiary/aromatic N) is 3. The van der Waals surface area contributed by atoms with Crippen molar-refractivity contribution in [2.75, 3.05) is 24.6 Å². The van der Waals surface area contributed by atoms with E-state index < -0.39 is 5.54 Å². The Morgan fingerprint density at radius 3 is 2.83 bits per heavy atom. The molecule has 1 rings (SSSR count). The van der Waals surface area contributed by atoms with E-state index in [1.807, 2.05) is 0 Å². The normalized spacial score (nSPS) is 26.3. The molecule has 1 fully saturated rings. The lowest BCUT2D eigenvalue weighted by atomic mass is 9.79. The number of amides is 1. The second kappa shape index (κ2) is 6.31. The molecule has 6 nitrogen and oxygen atoms in total. The predicted octanol–water partition coefficient (Wildman–Crippen LogP) is 1.66. The Bertz CT molecular complexity index is 353. The van der Waals surface area contributed by atoms with Crippen molar-refractivity contribution in [2.24, 2.45) is 16.3 Å². The van der Waals surface area contributed by atoms with Gasteiger partial charge in [-0.3, -0.25) is 4.79 Å². The summed E-state index contributed by atoms with van der Waals surface area (Å²) in [7, 11) is 0. The van der Waals surface area contributed by atoms with Crippen LogP contribution in [0.15, 0.2) is 5.11 Å². The molecule has 1 aliphatic heterocycles. The summed E-state index contributed by atoms with van der Waals surface area (Å²) in [5.74, 6) is 1.47. The molecule has 0 aromatic rings. The Labute approximate surface area is 112 Å². The van der Waals surface area contributed by atoms with Gasteiger partial charge in [-0.05, 0) is 36.1 Å². The van der Waals surface area contributed by atoms with Crippen molar-refractivity contribution in [3.8, 4) is 0 Å². The summed E-state index contributed by atoms with van der Waals surface area (Å²) < 4.78 is 0. The summed E-state index contributed by atoms with van der Waals surface area (Å²) in [6.07, 6.45) is 1.47. The molecular weight excluding hydrogens is 250 g/mol. The monoisotopic (exact) mass is 271 g/mol. The SMILES string of the molecule is CC1(C)CSCC(NCCCN=[N+]=[N-])(C(N)=O)C1. The topological polar surface area (TPSA) is 104 Å². The number of azide groups is 1. The first-order valence-corrected chi connectivity index (χ1v) is 7.21. The van der Waals surface area contributed by atoms with Gasteiger partial charge in [0.15, 0.2) is 0 Å². The lowest BCUT2D eigenvalue weighted by Crippen LogP contribution is -2.61. The van der Waals surface area contributed by atoms with Crippen LogP contribution in [-0.4, -0.2) is 36.0 Å². The van der Waals surface area contributed by atoms with Gasteiger partial charge in [-0.2, -0.15) is 11.8 Å². The quantitative estimate of drug-likeness (QED) is 0.332. The Hall–Kier alpha value is -0.910. The summed E-state index contributed by atoms with van der Waals surface area (Å²) in [5.41, 5.74) is 13.2. The minimum Gasteiger partial charge on any atom is -0.368 e. The zero-order chi connectivity index (χ0) is 13.6. The summed E-state index contributed by atoms with van der Waals surface area (Å²) in [6, 6.07) is 0. The van der Waals surface area contributed by atoms with Crippen LogP contribution in [0.4, 0.5) is 0 Å². The number of hydrogen-bond acceptors (Lipinski definition) is 4. The van der Waals surface area contributed by atoms with Crippen LogP contribution in [0, 0.1) is 5.41 Å². The molecule has 3 N–H and O–H groups in total. The summed E-state index contributed by atoms with van der Waals surface area (Å²) in [4.78, 5) is 14.4. The number of nitrogens with one attached hydrogen (secondary N) is 1. The van der Waals surface area contributed by atoms with E-state index in [4.69, 9.17) is 11.3 Å². The number of carbonyl (C=O) groups is 1. The molecule has 0 aliphatic carbocycles. The molecule has 102 valence electrons. The van der Waals surface area contributed by atoms with Crippen LogP contribution in [-0.2, 0) is 4.79 Å². The fraction of sp³-hybridized carbons (Fsp3) is 0.909. The minimum atomic E-state index is -0.622. The molecule has 1 aliphatic rings. The van der Waals surface area contributed by atoms with Crippen molar-refractivity contribution < 1.29 is 4.79 Å². The third-order valence-corrected chi connectivity index (χ3v) is 4.74. The lowest BCUT2D eigenvalue weighted by Gasteiger charge is -2.43. The highest BCUT2D eigenvalue weighted by molar-refractivity contribution is 7.99. The Morgan fingerprint density at radius 1 is 1.56 bits per heavy atom.